The number of ether oxygens (including phenoxy) is 2. The lowest BCUT2D eigenvalue weighted by atomic mass is 10.2. The fourth-order valence-electron chi connectivity index (χ4n) is 3.29. The molecule has 0 bridgehead atoms. The normalized spacial score (nSPS) is 15.1. The van der Waals surface area contributed by atoms with Gasteiger partial charge in [0.15, 0.2) is 0 Å². The maximum absolute atomic E-state index is 6.14. The van der Waals surface area contributed by atoms with Crippen molar-refractivity contribution in [1.82, 2.24) is 4.90 Å². The van der Waals surface area contributed by atoms with Crippen molar-refractivity contribution < 1.29 is 9.47 Å². The molecule has 2 aromatic carbocycles. The van der Waals surface area contributed by atoms with Crippen LogP contribution in [0, 0.1) is 0 Å². The molecule has 0 radical (unpaired) electrons. The van der Waals surface area contributed by atoms with E-state index in [1.807, 2.05) is 24.3 Å². The van der Waals surface area contributed by atoms with E-state index >= 15 is 0 Å². The first-order valence-corrected chi connectivity index (χ1v) is 9.32. The molecule has 1 aliphatic heterocycles. The maximum Gasteiger partial charge on any atom is 0.143 e. The van der Waals surface area contributed by atoms with Crippen molar-refractivity contribution in [3.05, 3.63) is 54.1 Å². The van der Waals surface area contributed by atoms with Crippen molar-refractivity contribution >= 4 is 5.69 Å². The Kier molecular flexibility index (Phi) is 6.75. The summed E-state index contributed by atoms with van der Waals surface area (Å²) in [5.41, 5.74) is 7.90. The largest absolute Gasteiger partial charge is 0.497 e. The summed E-state index contributed by atoms with van der Waals surface area (Å²) >= 11 is 0. The van der Waals surface area contributed by atoms with Gasteiger partial charge in [-0.05, 0) is 49.3 Å². The lowest BCUT2D eigenvalue weighted by Gasteiger charge is -2.36. The zero-order chi connectivity index (χ0) is 18.2. The Morgan fingerprint density at radius 3 is 2.58 bits per heavy atom. The Bertz CT molecular complexity index is 684. The van der Waals surface area contributed by atoms with E-state index in [4.69, 9.17) is 15.2 Å². The van der Waals surface area contributed by atoms with Gasteiger partial charge in [-0.1, -0.05) is 24.3 Å². The van der Waals surface area contributed by atoms with Crippen LogP contribution >= 0.6 is 0 Å². The van der Waals surface area contributed by atoms with E-state index in [-0.39, 0.29) is 0 Å². The van der Waals surface area contributed by atoms with E-state index in [9.17, 15) is 0 Å². The van der Waals surface area contributed by atoms with Gasteiger partial charge in [-0.2, -0.15) is 0 Å². The first kappa shape index (κ1) is 18.5. The predicted molar refractivity (Wildman–Crippen MR) is 106 cm³/mol. The average molecular weight is 355 g/mol. The highest BCUT2D eigenvalue weighted by molar-refractivity contribution is 5.58. The molecule has 0 amide bonds. The van der Waals surface area contributed by atoms with Crippen LogP contribution in [0.3, 0.4) is 0 Å². The summed E-state index contributed by atoms with van der Waals surface area (Å²) in [7, 11) is 1.68. The van der Waals surface area contributed by atoms with E-state index in [0.29, 0.717) is 6.61 Å². The van der Waals surface area contributed by atoms with Gasteiger partial charge in [0.25, 0.3) is 0 Å². The summed E-state index contributed by atoms with van der Waals surface area (Å²) in [6.07, 6.45) is 1.07. The van der Waals surface area contributed by atoms with E-state index in [0.717, 1.165) is 62.8 Å². The van der Waals surface area contributed by atoms with Gasteiger partial charge in [0.1, 0.15) is 18.1 Å². The summed E-state index contributed by atoms with van der Waals surface area (Å²) in [6.45, 7) is 6.58. The van der Waals surface area contributed by atoms with Crippen molar-refractivity contribution in [2.75, 3.05) is 51.3 Å². The van der Waals surface area contributed by atoms with Crippen LogP contribution in [0.5, 0.6) is 11.5 Å². The molecule has 0 atom stereocenters. The third-order valence-electron chi connectivity index (χ3n) is 4.79. The number of hydrogen-bond donors (Lipinski definition) is 1. The van der Waals surface area contributed by atoms with Gasteiger partial charge in [-0.15, -0.1) is 0 Å². The minimum Gasteiger partial charge on any atom is -0.497 e. The molecule has 1 aliphatic rings. The number of methoxy groups -OCH3 is 1. The second kappa shape index (κ2) is 9.46. The number of nitrogens with zero attached hydrogens (tertiary/aromatic N) is 2. The van der Waals surface area contributed by atoms with Crippen LogP contribution in [0.25, 0.3) is 0 Å². The molecule has 2 aromatic rings. The topological polar surface area (TPSA) is 51.0 Å². The average Bonchev–Trinajstić information content (AvgIpc) is 2.71. The van der Waals surface area contributed by atoms with Crippen LogP contribution in [0.15, 0.2) is 48.5 Å². The Morgan fingerprint density at radius 1 is 1.00 bits per heavy atom. The molecule has 1 saturated heterocycles. The Balaban J connectivity index is 1.61. The van der Waals surface area contributed by atoms with Crippen molar-refractivity contribution in [3.63, 3.8) is 0 Å². The van der Waals surface area contributed by atoms with Crippen molar-refractivity contribution in [1.29, 1.82) is 0 Å². The standard InChI is InChI=1S/C21H29N3O2/c1-25-19-7-4-6-18(16-19)17-26-21-9-3-2-8-20(21)24-14-12-23(13-15-24)11-5-10-22/h2-4,6-9,16H,5,10-15,17,22H2,1H3. The molecular formula is C21H29N3O2. The van der Waals surface area contributed by atoms with Crippen LogP contribution in [0.2, 0.25) is 0 Å². The highest BCUT2D eigenvalue weighted by Crippen LogP contribution is 2.29. The van der Waals surface area contributed by atoms with Gasteiger partial charge >= 0.3 is 0 Å². The third-order valence-corrected chi connectivity index (χ3v) is 4.79. The van der Waals surface area contributed by atoms with Gasteiger partial charge in [0.05, 0.1) is 12.8 Å². The van der Waals surface area contributed by atoms with Crippen molar-refractivity contribution in [2.24, 2.45) is 5.73 Å². The number of benzene rings is 2. The number of para-hydroxylation sites is 2. The molecule has 5 heteroatoms. The van der Waals surface area contributed by atoms with E-state index in [1.54, 1.807) is 7.11 Å². The molecule has 140 valence electrons. The molecule has 0 aliphatic carbocycles. The minimum absolute atomic E-state index is 0.532. The predicted octanol–water partition coefficient (Wildman–Crippen LogP) is 2.75. The van der Waals surface area contributed by atoms with Crippen LogP contribution in [0.1, 0.15) is 12.0 Å². The van der Waals surface area contributed by atoms with Gasteiger partial charge in [-0.25, -0.2) is 0 Å². The SMILES string of the molecule is COc1cccc(COc2ccccc2N2CCN(CCCN)CC2)c1. The summed E-state index contributed by atoms with van der Waals surface area (Å²) in [5, 5.41) is 0. The monoisotopic (exact) mass is 355 g/mol. The molecule has 5 nitrogen and oxygen atoms in total. The molecule has 0 unspecified atom stereocenters. The van der Waals surface area contributed by atoms with Crippen LogP contribution in [-0.4, -0.2) is 51.3 Å². The summed E-state index contributed by atoms with van der Waals surface area (Å²) in [4.78, 5) is 4.91. The van der Waals surface area contributed by atoms with Gasteiger partial charge in [-0.3, -0.25) is 4.90 Å². The first-order chi connectivity index (χ1) is 12.8. The number of rotatable bonds is 8. The van der Waals surface area contributed by atoms with E-state index in [1.165, 1.54) is 5.69 Å². The zero-order valence-electron chi connectivity index (χ0n) is 15.6. The second-order valence-electron chi connectivity index (χ2n) is 6.58. The molecule has 1 fully saturated rings. The number of hydrogen-bond acceptors (Lipinski definition) is 5. The molecular weight excluding hydrogens is 326 g/mol. The van der Waals surface area contributed by atoms with E-state index in [2.05, 4.69) is 34.1 Å². The van der Waals surface area contributed by atoms with Crippen molar-refractivity contribution in [3.8, 4) is 11.5 Å². The molecule has 0 spiro atoms. The maximum atomic E-state index is 6.14. The lowest BCUT2D eigenvalue weighted by molar-refractivity contribution is 0.254. The van der Waals surface area contributed by atoms with Crippen molar-refractivity contribution in [2.45, 2.75) is 13.0 Å². The fraction of sp³-hybridized carbons (Fsp3) is 0.429. The van der Waals surface area contributed by atoms with Crippen LogP contribution < -0.4 is 20.1 Å². The van der Waals surface area contributed by atoms with Gasteiger partial charge < -0.3 is 20.1 Å². The number of anilines is 1. The Hall–Kier alpha value is -2.24. The Morgan fingerprint density at radius 2 is 1.81 bits per heavy atom. The summed E-state index contributed by atoms with van der Waals surface area (Å²) in [6, 6.07) is 16.3. The number of piperazine rings is 1. The van der Waals surface area contributed by atoms with Gasteiger partial charge in [0, 0.05) is 26.2 Å². The lowest BCUT2D eigenvalue weighted by Crippen LogP contribution is -2.47. The van der Waals surface area contributed by atoms with Crippen LogP contribution in [0.4, 0.5) is 5.69 Å². The smallest absolute Gasteiger partial charge is 0.143 e. The minimum atomic E-state index is 0.532. The second-order valence-corrected chi connectivity index (χ2v) is 6.58. The van der Waals surface area contributed by atoms with E-state index < -0.39 is 0 Å². The fourth-order valence-corrected chi connectivity index (χ4v) is 3.29. The summed E-state index contributed by atoms with van der Waals surface area (Å²) in [5.74, 6) is 1.79. The third kappa shape index (κ3) is 4.90. The molecule has 0 saturated carbocycles. The molecule has 26 heavy (non-hydrogen) atoms. The molecule has 0 aromatic heterocycles. The molecule has 1 heterocycles. The molecule has 2 N–H and O–H groups in total. The first-order valence-electron chi connectivity index (χ1n) is 9.32. The molecule has 3 rings (SSSR count). The number of nitrogens with two attached hydrogens (primary N) is 1. The highest BCUT2D eigenvalue weighted by atomic mass is 16.5. The quantitative estimate of drug-likeness (QED) is 0.789. The highest BCUT2D eigenvalue weighted by Gasteiger charge is 2.19. The van der Waals surface area contributed by atoms with Gasteiger partial charge in [0.2, 0.25) is 0 Å². The zero-order valence-corrected chi connectivity index (χ0v) is 15.6. The summed E-state index contributed by atoms with van der Waals surface area (Å²) < 4.78 is 11.4. The Labute approximate surface area is 156 Å². The van der Waals surface area contributed by atoms with Crippen LogP contribution in [-0.2, 0) is 6.61 Å².